The van der Waals surface area contributed by atoms with Crippen LogP contribution in [0.5, 0.6) is 0 Å². The Kier molecular flexibility index (Phi) is 2.41. The molecule has 0 aliphatic rings. The van der Waals surface area contributed by atoms with Gasteiger partial charge in [0.1, 0.15) is 0 Å². The van der Waals surface area contributed by atoms with Crippen LogP contribution >= 0.6 is 11.3 Å². The number of carbonyl (C=O) groups is 1. The van der Waals surface area contributed by atoms with Gasteiger partial charge in [0, 0.05) is 5.56 Å². The predicted molar refractivity (Wildman–Crippen MR) is 55.1 cm³/mol. The van der Waals surface area contributed by atoms with E-state index in [1.165, 1.54) is 0 Å². The van der Waals surface area contributed by atoms with Gasteiger partial charge in [0.25, 0.3) is 0 Å². The van der Waals surface area contributed by atoms with Crippen LogP contribution in [0, 0.1) is 5.13 Å². The highest BCUT2D eigenvalue weighted by Gasteiger charge is 2.09. The van der Waals surface area contributed by atoms with Crippen LogP contribution in [0.2, 0.25) is 0 Å². The smallest absolute Gasteiger partial charge is 0.184 e. The average molecular weight is 206 g/mol. The van der Waals surface area contributed by atoms with Crippen LogP contribution in [0.15, 0.2) is 36.4 Å². The second kappa shape index (κ2) is 3.72. The standard InChI is InChI=1S/C11H7FOS/c12-11-10(6-9(7-13)14-11)8-4-2-1-3-5-8/h1-7H. The minimum Gasteiger partial charge on any atom is -0.297 e. The van der Waals surface area contributed by atoms with E-state index in [9.17, 15) is 9.18 Å². The van der Waals surface area contributed by atoms with E-state index in [0.29, 0.717) is 16.7 Å². The number of halogens is 1. The van der Waals surface area contributed by atoms with Gasteiger partial charge in [0.2, 0.25) is 0 Å². The normalized spacial score (nSPS) is 10.1. The molecule has 0 fully saturated rings. The lowest BCUT2D eigenvalue weighted by atomic mass is 10.1. The summed E-state index contributed by atoms with van der Waals surface area (Å²) in [6, 6.07) is 10.8. The fourth-order valence-electron chi connectivity index (χ4n) is 1.26. The third-order valence-corrected chi connectivity index (χ3v) is 2.76. The summed E-state index contributed by atoms with van der Waals surface area (Å²) in [5, 5.41) is -0.307. The molecule has 0 bridgehead atoms. The molecule has 0 unspecified atom stereocenters. The average Bonchev–Trinajstić information content (AvgIpc) is 2.61. The Labute approximate surface area is 84.8 Å². The summed E-state index contributed by atoms with van der Waals surface area (Å²) >= 11 is 0.874. The first-order valence-electron chi connectivity index (χ1n) is 4.11. The molecule has 70 valence electrons. The summed E-state index contributed by atoms with van der Waals surface area (Å²) in [5.41, 5.74) is 1.30. The number of hydrogen-bond acceptors (Lipinski definition) is 2. The molecule has 2 rings (SSSR count). The highest BCUT2D eigenvalue weighted by atomic mass is 32.1. The first-order chi connectivity index (χ1) is 6.81. The molecule has 0 saturated heterocycles. The number of carbonyl (C=O) groups excluding carboxylic acids is 1. The van der Waals surface area contributed by atoms with Crippen molar-refractivity contribution in [2.45, 2.75) is 0 Å². The third-order valence-electron chi connectivity index (χ3n) is 1.91. The monoisotopic (exact) mass is 206 g/mol. The van der Waals surface area contributed by atoms with Gasteiger partial charge in [-0.2, -0.15) is 4.39 Å². The molecule has 0 atom stereocenters. The Morgan fingerprint density at radius 3 is 2.50 bits per heavy atom. The van der Waals surface area contributed by atoms with Crippen molar-refractivity contribution >= 4 is 17.6 Å². The van der Waals surface area contributed by atoms with Gasteiger partial charge in [0.15, 0.2) is 11.4 Å². The SMILES string of the molecule is O=Cc1cc(-c2ccccc2)c(F)s1. The second-order valence-electron chi connectivity index (χ2n) is 2.82. The predicted octanol–water partition coefficient (Wildman–Crippen LogP) is 3.37. The molecule has 0 N–H and O–H groups in total. The van der Waals surface area contributed by atoms with Gasteiger partial charge >= 0.3 is 0 Å². The summed E-state index contributed by atoms with van der Waals surface area (Å²) in [4.78, 5) is 10.9. The van der Waals surface area contributed by atoms with E-state index in [-0.39, 0.29) is 5.13 Å². The van der Waals surface area contributed by atoms with Gasteiger partial charge in [-0.1, -0.05) is 30.3 Å². The van der Waals surface area contributed by atoms with Crippen molar-refractivity contribution in [2.75, 3.05) is 0 Å². The van der Waals surface area contributed by atoms with Crippen LogP contribution in [0.3, 0.4) is 0 Å². The van der Waals surface area contributed by atoms with Gasteiger partial charge in [-0.15, -0.1) is 11.3 Å². The van der Waals surface area contributed by atoms with E-state index < -0.39 is 0 Å². The topological polar surface area (TPSA) is 17.1 Å². The van der Waals surface area contributed by atoms with E-state index in [4.69, 9.17) is 0 Å². The van der Waals surface area contributed by atoms with E-state index in [2.05, 4.69) is 0 Å². The largest absolute Gasteiger partial charge is 0.297 e. The minimum atomic E-state index is -0.307. The number of hydrogen-bond donors (Lipinski definition) is 0. The van der Waals surface area contributed by atoms with Crippen LogP contribution in [0.1, 0.15) is 9.67 Å². The van der Waals surface area contributed by atoms with Crippen LogP contribution < -0.4 is 0 Å². The van der Waals surface area contributed by atoms with Crippen molar-refractivity contribution in [1.82, 2.24) is 0 Å². The highest BCUT2D eigenvalue weighted by Crippen LogP contribution is 2.28. The zero-order chi connectivity index (χ0) is 9.97. The fraction of sp³-hybridized carbons (Fsp3) is 0. The van der Waals surface area contributed by atoms with E-state index >= 15 is 0 Å². The van der Waals surface area contributed by atoms with Crippen LogP contribution in [0.4, 0.5) is 4.39 Å². The molecule has 3 heteroatoms. The maximum atomic E-state index is 13.3. The molecule has 0 amide bonds. The van der Waals surface area contributed by atoms with Crippen LogP contribution in [0.25, 0.3) is 11.1 Å². The summed E-state index contributed by atoms with van der Waals surface area (Å²) in [6.45, 7) is 0. The van der Waals surface area contributed by atoms with Crippen molar-refractivity contribution in [1.29, 1.82) is 0 Å². The van der Waals surface area contributed by atoms with E-state index in [1.54, 1.807) is 6.07 Å². The van der Waals surface area contributed by atoms with Crippen LogP contribution in [-0.4, -0.2) is 6.29 Å². The minimum absolute atomic E-state index is 0.307. The lowest BCUT2D eigenvalue weighted by Crippen LogP contribution is -1.75. The van der Waals surface area contributed by atoms with Gasteiger partial charge < -0.3 is 0 Å². The fourth-order valence-corrected chi connectivity index (χ4v) is 1.98. The Balaban J connectivity index is 2.51. The van der Waals surface area contributed by atoms with Gasteiger partial charge in [-0.05, 0) is 11.6 Å². The Morgan fingerprint density at radius 1 is 1.21 bits per heavy atom. The maximum Gasteiger partial charge on any atom is 0.184 e. The van der Waals surface area contributed by atoms with Crippen molar-refractivity contribution in [2.24, 2.45) is 0 Å². The van der Waals surface area contributed by atoms with Gasteiger partial charge in [0.05, 0.1) is 4.88 Å². The second-order valence-corrected chi connectivity index (χ2v) is 3.85. The highest BCUT2D eigenvalue weighted by molar-refractivity contribution is 7.12. The maximum absolute atomic E-state index is 13.3. The van der Waals surface area contributed by atoms with Crippen molar-refractivity contribution < 1.29 is 9.18 Å². The molecule has 0 aliphatic carbocycles. The summed E-state index contributed by atoms with van der Waals surface area (Å²) in [6.07, 6.45) is 0.667. The molecule has 14 heavy (non-hydrogen) atoms. The van der Waals surface area contributed by atoms with Crippen molar-refractivity contribution in [3.8, 4) is 11.1 Å². The zero-order valence-electron chi connectivity index (χ0n) is 7.24. The quantitative estimate of drug-likeness (QED) is 0.688. The van der Waals surface area contributed by atoms with Crippen molar-refractivity contribution in [3.63, 3.8) is 0 Å². The molecule has 0 radical (unpaired) electrons. The Morgan fingerprint density at radius 2 is 1.93 bits per heavy atom. The first-order valence-corrected chi connectivity index (χ1v) is 4.93. The molecule has 1 aromatic carbocycles. The third kappa shape index (κ3) is 1.59. The number of rotatable bonds is 2. The van der Waals surface area contributed by atoms with E-state index in [0.717, 1.165) is 16.9 Å². The molecule has 1 aromatic heterocycles. The number of aldehydes is 1. The molecule has 2 aromatic rings. The summed E-state index contributed by atoms with van der Waals surface area (Å²) in [7, 11) is 0. The summed E-state index contributed by atoms with van der Waals surface area (Å²) in [5.74, 6) is 0. The summed E-state index contributed by atoms with van der Waals surface area (Å²) < 4.78 is 13.3. The number of benzene rings is 1. The number of thiophene rings is 1. The lowest BCUT2D eigenvalue weighted by Gasteiger charge is -1.95. The van der Waals surface area contributed by atoms with Crippen LogP contribution in [-0.2, 0) is 0 Å². The first kappa shape index (κ1) is 9.09. The Bertz CT molecular complexity index is 448. The van der Waals surface area contributed by atoms with Crippen molar-refractivity contribution in [3.05, 3.63) is 46.4 Å². The molecular formula is C11H7FOS. The molecule has 0 aliphatic heterocycles. The van der Waals surface area contributed by atoms with Gasteiger partial charge in [-0.3, -0.25) is 4.79 Å². The molecule has 0 spiro atoms. The Hall–Kier alpha value is -1.48. The van der Waals surface area contributed by atoms with Gasteiger partial charge in [-0.25, -0.2) is 0 Å². The molecule has 1 nitrogen and oxygen atoms in total. The zero-order valence-corrected chi connectivity index (χ0v) is 8.05. The molecule has 1 heterocycles. The lowest BCUT2D eigenvalue weighted by molar-refractivity contribution is 0.112. The molecular weight excluding hydrogens is 199 g/mol. The molecule has 0 saturated carbocycles. The van der Waals surface area contributed by atoms with E-state index in [1.807, 2.05) is 30.3 Å².